The van der Waals surface area contributed by atoms with Gasteiger partial charge in [0.1, 0.15) is 21.8 Å². The zero-order chi connectivity index (χ0) is 19.2. The second-order valence-electron chi connectivity index (χ2n) is 6.33. The summed E-state index contributed by atoms with van der Waals surface area (Å²) in [6, 6.07) is 10.3. The maximum absolute atomic E-state index is 14.6. The highest BCUT2D eigenvalue weighted by Crippen LogP contribution is 2.46. The van der Waals surface area contributed by atoms with Crippen molar-refractivity contribution in [2.24, 2.45) is 10.7 Å². The Morgan fingerprint density at radius 1 is 1.26 bits per heavy atom. The van der Waals surface area contributed by atoms with Gasteiger partial charge in [-0.1, -0.05) is 19.1 Å². The van der Waals surface area contributed by atoms with Crippen LogP contribution in [0.2, 0.25) is 0 Å². The Morgan fingerprint density at radius 3 is 2.81 bits per heavy atom. The number of H-pyrrole nitrogens is 1. The van der Waals surface area contributed by atoms with Crippen molar-refractivity contribution in [2.75, 3.05) is 0 Å². The van der Waals surface area contributed by atoms with Gasteiger partial charge in [-0.15, -0.1) is 0 Å². The van der Waals surface area contributed by atoms with Gasteiger partial charge in [0.05, 0.1) is 5.56 Å². The number of rotatable bonds is 3. The largest absolute Gasteiger partial charge is 0.383 e. The summed E-state index contributed by atoms with van der Waals surface area (Å²) in [7, 11) is 0. The van der Waals surface area contributed by atoms with Crippen LogP contribution in [0.15, 0.2) is 63.2 Å². The molecule has 0 aliphatic carbocycles. The molecule has 0 bridgehead atoms. The average molecular weight is 427 g/mol. The average Bonchev–Trinajstić information content (AvgIpc) is 2.97. The Hall–Kier alpha value is -2.80. The molecule has 3 heterocycles. The molecule has 1 unspecified atom stereocenters. The van der Waals surface area contributed by atoms with Crippen molar-refractivity contribution in [3.8, 4) is 0 Å². The number of hydrogen-bond acceptors (Lipinski definition) is 4. The molecule has 136 valence electrons. The van der Waals surface area contributed by atoms with E-state index in [0.717, 1.165) is 5.56 Å². The van der Waals surface area contributed by atoms with Crippen molar-refractivity contribution in [1.82, 2.24) is 9.97 Å². The maximum Gasteiger partial charge on any atom is 0.251 e. The summed E-state index contributed by atoms with van der Waals surface area (Å²) in [6.45, 7) is 1.91. The van der Waals surface area contributed by atoms with Crippen molar-refractivity contribution < 1.29 is 4.39 Å². The number of aromatic amines is 1. The first-order valence-corrected chi connectivity index (χ1v) is 9.25. The number of pyridine rings is 2. The first kappa shape index (κ1) is 17.6. The van der Waals surface area contributed by atoms with Crippen molar-refractivity contribution in [2.45, 2.75) is 18.9 Å². The predicted molar refractivity (Wildman–Crippen MR) is 105 cm³/mol. The third kappa shape index (κ3) is 2.61. The highest BCUT2D eigenvalue weighted by Gasteiger charge is 2.44. The SMILES string of the molecule is CCc1cc(C2(c3ccnc(Br)c3)N=C(N)c3c(F)cccc32)c[nH]c1=O. The molecule has 4 rings (SSSR count). The van der Waals surface area contributed by atoms with Crippen molar-refractivity contribution >= 4 is 21.8 Å². The molecule has 3 N–H and O–H groups in total. The minimum Gasteiger partial charge on any atom is -0.383 e. The van der Waals surface area contributed by atoms with Crippen LogP contribution in [0.5, 0.6) is 0 Å². The zero-order valence-corrected chi connectivity index (χ0v) is 16.0. The first-order valence-electron chi connectivity index (χ1n) is 8.46. The van der Waals surface area contributed by atoms with E-state index in [0.29, 0.717) is 27.7 Å². The number of hydrogen-bond donors (Lipinski definition) is 2. The Labute approximate surface area is 163 Å². The number of halogens is 2. The molecule has 1 aromatic carbocycles. The Balaban J connectivity index is 2.12. The van der Waals surface area contributed by atoms with Crippen molar-refractivity contribution in [1.29, 1.82) is 0 Å². The summed E-state index contributed by atoms with van der Waals surface area (Å²) in [5.41, 5.74) is 7.95. The summed E-state index contributed by atoms with van der Waals surface area (Å²) < 4.78 is 15.2. The molecule has 0 fully saturated rings. The van der Waals surface area contributed by atoms with Gasteiger partial charge in [0.25, 0.3) is 5.56 Å². The smallest absolute Gasteiger partial charge is 0.251 e. The fourth-order valence-corrected chi connectivity index (χ4v) is 3.98. The van der Waals surface area contributed by atoms with E-state index in [-0.39, 0.29) is 17.0 Å². The Morgan fingerprint density at radius 2 is 2.07 bits per heavy atom. The summed E-state index contributed by atoms with van der Waals surface area (Å²) in [4.78, 5) is 23.8. The standard InChI is InChI=1S/C20H16BrFN4O/c1-2-11-8-13(10-25-19(11)27)20(12-6-7-24-16(21)9-12)14-4-3-5-15(22)17(14)18(23)26-20/h3-10H,2H2,1H3,(H2,23,26)(H,25,27). The lowest BCUT2D eigenvalue weighted by molar-refractivity contribution is 0.614. The lowest BCUT2D eigenvalue weighted by Gasteiger charge is -2.29. The molecule has 2 aromatic heterocycles. The van der Waals surface area contributed by atoms with E-state index in [9.17, 15) is 9.18 Å². The first-order chi connectivity index (χ1) is 13.0. The highest BCUT2D eigenvalue weighted by atomic mass is 79.9. The lowest BCUT2D eigenvalue weighted by Crippen LogP contribution is -2.28. The molecule has 0 radical (unpaired) electrons. The molecule has 5 nitrogen and oxygen atoms in total. The number of aryl methyl sites for hydroxylation is 1. The number of aliphatic imine (C=N–C) groups is 1. The monoisotopic (exact) mass is 426 g/mol. The fraction of sp³-hybridized carbons (Fsp3) is 0.150. The minimum absolute atomic E-state index is 0.125. The normalized spacial score (nSPS) is 18.3. The number of nitrogens with zero attached hydrogens (tertiary/aromatic N) is 2. The fourth-order valence-electron chi connectivity index (χ4n) is 3.62. The van der Waals surface area contributed by atoms with Gasteiger partial charge < -0.3 is 10.7 Å². The van der Waals surface area contributed by atoms with Crippen LogP contribution in [0, 0.1) is 5.82 Å². The molecule has 3 aromatic rings. The van der Waals surface area contributed by atoms with Crippen LogP contribution in [0.25, 0.3) is 0 Å². The highest BCUT2D eigenvalue weighted by molar-refractivity contribution is 9.10. The number of nitrogens with two attached hydrogens (primary N) is 1. The molecular formula is C20H16BrFN4O. The van der Waals surface area contributed by atoms with E-state index in [1.54, 1.807) is 18.5 Å². The predicted octanol–water partition coefficient (Wildman–Crippen LogP) is 3.24. The van der Waals surface area contributed by atoms with Gasteiger partial charge in [0.2, 0.25) is 0 Å². The molecule has 0 spiro atoms. The van der Waals surface area contributed by atoms with E-state index in [4.69, 9.17) is 10.7 Å². The number of nitrogens with one attached hydrogen (secondary N) is 1. The Bertz CT molecular complexity index is 1140. The van der Waals surface area contributed by atoms with Gasteiger partial charge in [0, 0.05) is 29.1 Å². The molecule has 0 amide bonds. The summed E-state index contributed by atoms with van der Waals surface area (Å²) >= 11 is 3.39. The number of benzene rings is 1. The van der Waals surface area contributed by atoms with Crippen LogP contribution in [0.4, 0.5) is 4.39 Å². The van der Waals surface area contributed by atoms with Gasteiger partial charge in [-0.3, -0.25) is 4.79 Å². The topological polar surface area (TPSA) is 84.1 Å². The molecule has 7 heteroatoms. The molecule has 1 aliphatic heterocycles. The van der Waals surface area contributed by atoms with Gasteiger partial charge in [0.15, 0.2) is 0 Å². The molecule has 27 heavy (non-hydrogen) atoms. The number of fused-ring (bicyclic) bond motifs is 1. The molecule has 1 aliphatic rings. The number of amidine groups is 1. The third-order valence-corrected chi connectivity index (χ3v) is 5.30. The van der Waals surface area contributed by atoms with Crippen LogP contribution in [-0.2, 0) is 12.0 Å². The van der Waals surface area contributed by atoms with Crippen LogP contribution in [0.1, 0.15) is 34.7 Å². The second kappa shape index (κ2) is 6.42. The van der Waals surface area contributed by atoms with E-state index < -0.39 is 11.4 Å². The lowest BCUT2D eigenvalue weighted by atomic mass is 9.78. The molecule has 0 saturated carbocycles. The summed E-state index contributed by atoms with van der Waals surface area (Å²) in [5.74, 6) is -0.302. The van der Waals surface area contributed by atoms with Gasteiger partial charge >= 0.3 is 0 Å². The van der Waals surface area contributed by atoms with E-state index in [1.807, 2.05) is 31.2 Å². The Kier molecular flexibility index (Phi) is 4.19. The summed E-state index contributed by atoms with van der Waals surface area (Å²) in [5, 5.41) is 0. The van der Waals surface area contributed by atoms with Gasteiger partial charge in [-0.25, -0.2) is 14.4 Å². The van der Waals surface area contributed by atoms with Crippen LogP contribution >= 0.6 is 15.9 Å². The van der Waals surface area contributed by atoms with E-state index >= 15 is 0 Å². The van der Waals surface area contributed by atoms with Crippen LogP contribution in [0.3, 0.4) is 0 Å². The van der Waals surface area contributed by atoms with Crippen LogP contribution in [-0.4, -0.2) is 15.8 Å². The van der Waals surface area contributed by atoms with Gasteiger partial charge in [-0.2, -0.15) is 0 Å². The molecule has 1 atom stereocenters. The van der Waals surface area contributed by atoms with E-state index in [1.165, 1.54) is 6.07 Å². The quantitative estimate of drug-likeness (QED) is 0.630. The summed E-state index contributed by atoms with van der Waals surface area (Å²) in [6.07, 6.45) is 3.83. The van der Waals surface area contributed by atoms with E-state index in [2.05, 4.69) is 25.9 Å². The number of aromatic nitrogens is 2. The molecular weight excluding hydrogens is 411 g/mol. The molecule has 0 saturated heterocycles. The van der Waals surface area contributed by atoms with Crippen LogP contribution < -0.4 is 11.3 Å². The van der Waals surface area contributed by atoms with Crippen molar-refractivity contribution in [3.05, 3.63) is 97.4 Å². The second-order valence-corrected chi connectivity index (χ2v) is 7.15. The minimum atomic E-state index is -1.07. The maximum atomic E-state index is 14.6. The van der Waals surface area contributed by atoms with Gasteiger partial charge in [-0.05, 0) is 52.2 Å². The third-order valence-electron chi connectivity index (χ3n) is 4.87. The zero-order valence-electron chi connectivity index (χ0n) is 14.5. The van der Waals surface area contributed by atoms with Crippen molar-refractivity contribution in [3.63, 3.8) is 0 Å².